The zero-order valence-corrected chi connectivity index (χ0v) is 15.6. The standard InChI is InChI=1S/C19H39OP/c1-2-3-4-5-6-7-8-9-10-11-12-13-14-15-16-17-18-19-21-20/h2-19H2,1H3/p+1. The van der Waals surface area contributed by atoms with E-state index >= 15 is 0 Å². The SMILES string of the molecule is CCCCCCCCCCCCCCCCCCC[PH+]=O. The average Bonchev–Trinajstić information content (AvgIpc) is 2.50. The molecule has 0 bridgehead atoms. The fraction of sp³-hybridized carbons (Fsp3) is 1.00. The fourth-order valence-corrected chi connectivity index (χ4v) is 3.32. The molecule has 0 heterocycles. The Morgan fingerprint density at radius 1 is 0.476 bits per heavy atom. The van der Waals surface area contributed by atoms with E-state index in [1.165, 1.54) is 109 Å². The minimum Gasteiger partial charge on any atom is -0.0775 e. The summed E-state index contributed by atoms with van der Waals surface area (Å²) >= 11 is 0. The molecule has 0 aromatic rings. The summed E-state index contributed by atoms with van der Waals surface area (Å²) in [4.78, 5) is 0. The second-order valence-corrected chi connectivity index (χ2v) is 7.34. The van der Waals surface area contributed by atoms with Crippen molar-refractivity contribution < 1.29 is 4.57 Å². The Hall–Kier alpha value is 0.100. The summed E-state index contributed by atoms with van der Waals surface area (Å²) in [6.07, 6.45) is 24.9. The molecule has 0 aliphatic carbocycles. The van der Waals surface area contributed by atoms with Crippen molar-refractivity contribution in [2.24, 2.45) is 0 Å². The van der Waals surface area contributed by atoms with Crippen LogP contribution in [0.3, 0.4) is 0 Å². The van der Waals surface area contributed by atoms with E-state index in [4.69, 9.17) is 0 Å². The van der Waals surface area contributed by atoms with Gasteiger partial charge in [-0.05, 0) is 12.8 Å². The first-order chi connectivity index (χ1) is 10.4. The van der Waals surface area contributed by atoms with Crippen molar-refractivity contribution in [2.75, 3.05) is 6.16 Å². The van der Waals surface area contributed by atoms with Crippen molar-refractivity contribution in [3.8, 4) is 0 Å². The molecule has 0 radical (unpaired) electrons. The molecule has 1 atom stereocenters. The van der Waals surface area contributed by atoms with Crippen molar-refractivity contribution in [1.82, 2.24) is 0 Å². The third-order valence-electron chi connectivity index (χ3n) is 4.38. The molecule has 1 nitrogen and oxygen atoms in total. The highest BCUT2D eigenvalue weighted by molar-refractivity contribution is 7.23. The van der Waals surface area contributed by atoms with Gasteiger partial charge in [-0.15, -0.1) is 0 Å². The third-order valence-corrected chi connectivity index (χ3v) is 4.94. The molecule has 0 fully saturated rings. The lowest BCUT2D eigenvalue weighted by atomic mass is 10.0. The van der Waals surface area contributed by atoms with E-state index in [1.807, 2.05) is 0 Å². The van der Waals surface area contributed by atoms with E-state index in [2.05, 4.69) is 6.92 Å². The van der Waals surface area contributed by atoms with Gasteiger partial charge in [0.05, 0.1) is 0 Å². The van der Waals surface area contributed by atoms with Gasteiger partial charge in [0.25, 0.3) is 0 Å². The quantitative estimate of drug-likeness (QED) is 0.187. The van der Waals surface area contributed by atoms with Gasteiger partial charge in [-0.25, -0.2) is 0 Å². The molecule has 0 aromatic carbocycles. The first-order valence-corrected chi connectivity index (χ1v) is 10.9. The van der Waals surface area contributed by atoms with Crippen LogP contribution in [0, 0.1) is 0 Å². The molecule has 2 heteroatoms. The first kappa shape index (κ1) is 21.1. The molecule has 21 heavy (non-hydrogen) atoms. The highest BCUT2D eigenvalue weighted by atomic mass is 31.1. The van der Waals surface area contributed by atoms with Gasteiger partial charge in [-0.1, -0.05) is 108 Å². The maximum atomic E-state index is 10.3. The number of hydrogen-bond donors (Lipinski definition) is 0. The Balaban J connectivity index is 2.91. The number of rotatable bonds is 18. The second-order valence-electron chi connectivity index (χ2n) is 6.55. The fourth-order valence-electron chi connectivity index (χ4n) is 2.92. The summed E-state index contributed by atoms with van der Waals surface area (Å²) in [5, 5.41) is 0. The summed E-state index contributed by atoms with van der Waals surface area (Å²) < 4.78 is 10.3. The predicted octanol–water partition coefficient (Wildman–Crippen LogP) is 7.66. The molecule has 0 saturated carbocycles. The summed E-state index contributed by atoms with van der Waals surface area (Å²) in [7, 11) is -0.0814. The summed E-state index contributed by atoms with van der Waals surface area (Å²) in [6.45, 7) is 2.29. The highest BCUT2D eigenvalue weighted by Gasteiger charge is 1.95. The van der Waals surface area contributed by atoms with Crippen molar-refractivity contribution >= 4 is 8.46 Å². The van der Waals surface area contributed by atoms with Gasteiger partial charge in [0.2, 0.25) is 0 Å². The van der Waals surface area contributed by atoms with Gasteiger partial charge in [0.15, 0.2) is 0 Å². The second kappa shape index (κ2) is 20.1. The normalized spacial score (nSPS) is 11.3. The molecular weight excluding hydrogens is 275 g/mol. The Bertz CT molecular complexity index is 194. The van der Waals surface area contributed by atoms with Crippen molar-refractivity contribution in [3.63, 3.8) is 0 Å². The molecule has 126 valence electrons. The van der Waals surface area contributed by atoms with Crippen LogP contribution < -0.4 is 0 Å². The van der Waals surface area contributed by atoms with E-state index in [9.17, 15) is 4.57 Å². The molecular formula is C19H40OP+. The van der Waals surface area contributed by atoms with Crippen LogP contribution in [0.1, 0.15) is 116 Å². The van der Waals surface area contributed by atoms with E-state index in [0.717, 1.165) is 6.16 Å². The smallest absolute Gasteiger partial charge is 0.0775 e. The lowest BCUT2D eigenvalue weighted by molar-refractivity contribution is 0.528. The zero-order valence-electron chi connectivity index (χ0n) is 14.6. The molecule has 0 aliphatic rings. The summed E-state index contributed by atoms with van der Waals surface area (Å²) in [5.41, 5.74) is 0. The van der Waals surface area contributed by atoms with Crippen LogP contribution in [0.15, 0.2) is 0 Å². The molecule has 0 saturated heterocycles. The average molecular weight is 316 g/mol. The van der Waals surface area contributed by atoms with Crippen LogP contribution in [0.2, 0.25) is 0 Å². The van der Waals surface area contributed by atoms with Gasteiger partial charge >= 0.3 is 8.46 Å². The summed E-state index contributed by atoms with van der Waals surface area (Å²) in [6, 6.07) is 0. The maximum Gasteiger partial charge on any atom is 0.324 e. The highest BCUT2D eigenvalue weighted by Crippen LogP contribution is 2.14. The van der Waals surface area contributed by atoms with Crippen LogP contribution in [-0.4, -0.2) is 6.16 Å². The van der Waals surface area contributed by atoms with E-state index in [-0.39, 0.29) is 8.46 Å². The van der Waals surface area contributed by atoms with Crippen LogP contribution in [-0.2, 0) is 4.57 Å². The molecule has 0 N–H and O–H groups in total. The minimum atomic E-state index is -0.0814. The molecule has 0 amide bonds. The van der Waals surface area contributed by atoms with Gasteiger partial charge < -0.3 is 0 Å². The van der Waals surface area contributed by atoms with E-state index in [1.54, 1.807) is 0 Å². The predicted molar refractivity (Wildman–Crippen MR) is 98.0 cm³/mol. The molecule has 0 rings (SSSR count). The first-order valence-electron chi connectivity index (χ1n) is 9.76. The number of unbranched alkanes of at least 4 members (excludes halogenated alkanes) is 16. The van der Waals surface area contributed by atoms with Gasteiger partial charge in [-0.3, -0.25) is 0 Å². The van der Waals surface area contributed by atoms with Crippen LogP contribution >= 0.6 is 8.46 Å². The molecule has 0 aliphatic heterocycles. The Morgan fingerprint density at radius 2 is 0.762 bits per heavy atom. The topological polar surface area (TPSA) is 17.1 Å². The third kappa shape index (κ3) is 20.1. The molecule has 1 unspecified atom stereocenters. The Labute approximate surface area is 135 Å². The van der Waals surface area contributed by atoms with Crippen molar-refractivity contribution in [2.45, 2.75) is 116 Å². The Kier molecular flexibility index (Phi) is 20.2. The van der Waals surface area contributed by atoms with Gasteiger partial charge in [0, 0.05) is 0 Å². The lowest BCUT2D eigenvalue weighted by Gasteiger charge is -2.03. The largest absolute Gasteiger partial charge is 0.324 e. The Morgan fingerprint density at radius 3 is 1.05 bits per heavy atom. The summed E-state index contributed by atoms with van der Waals surface area (Å²) in [5.74, 6) is 0. The van der Waals surface area contributed by atoms with E-state index in [0.29, 0.717) is 0 Å². The van der Waals surface area contributed by atoms with Crippen LogP contribution in [0.5, 0.6) is 0 Å². The van der Waals surface area contributed by atoms with Crippen molar-refractivity contribution in [3.05, 3.63) is 0 Å². The molecule has 0 aromatic heterocycles. The maximum absolute atomic E-state index is 10.3. The van der Waals surface area contributed by atoms with Gasteiger partial charge in [0.1, 0.15) is 6.16 Å². The van der Waals surface area contributed by atoms with E-state index < -0.39 is 0 Å². The lowest BCUT2D eigenvalue weighted by Crippen LogP contribution is -1.84. The molecule has 0 spiro atoms. The number of hydrogen-bond acceptors (Lipinski definition) is 1. The minimum absolute atomic E-state index is 0.0814. The zero-order chi connectivity index (χ0) is 15.4. The van der Waals surface area contributed by atoms with Crippen LogP contribution in [0.4, 0.5) is 0 Å². The van der Waals surface area contributed by atoms with Gasteiger partial charge in [-0.2, -0.15) is 0 Å². The van der Waals surface area contributed by atoms with Crippen LogP contribution in [0.25, 0.3) is 0 Å². The monoisotopic (exact) mass is 315 g/mol. The van der Waals surface area contributed by atoms with Crippen molar-refractivity contribution in [1.29, 1.82) is 0 Å².